The minimum atomic E-state index is -0.692. The monoisotopic (exact) mass is 371 g/mol. The van der Waals surface area contributed by atoms with Crippen LogP contribution in [0.2, 0.25) is 0 Å². The Balaban J connectivity index is 2.13. The number of ketones is 1. The zero-order valence-corrected chi connectivity index (χ0v) is 15.7. The average molecular weight is 371 g/mol. The van der Waals surface area contributed by atoms with Crippen molar-refractivity contribution in [3.63, 3.8) is 0 Å². The Bertz CT molecular complexity index is 877. The van der Waals surface area contributed by atoms with E-state index in [1.54, 1.807) is 13.2 Å². The van der Waals surface area contributed by atoms with Crippen LogP contribution in [0.15, 0.2) is 17.7 Å². The zero-order chi connectivity index (χ0) is 19.8. The summed E-state index contributed by atoms with van der Waals surface area (Å²) in [4.78, 5) is 26.4. The third kappa shape index (κ3) is 3.21. The van der Waals surface area contributed by atoms with Crippen molar-refractivity contribution in [3.05, 3.63) is 40.2 Å². The molecule has 0 radical (unpaired) electrons. The first-order valence-corrected chi connectivity index (χ1v) is 8.86. The van der Waals surface area contributed by atoms with E-state index in [-0.39, 0.29) is 34.5 Å². The molecule has 0 unspecified atom stereocenters. The largest absolute Gasteiger partial charge is 0.378 e. The van der Waals surface area contributed by atoms with Crippen LogP contribution in [-0.4, -0.2) is 49.4 Å². The fourth-order valence-electron chi connectivity index (χ4n) is 3.69. The van der Waals surface area contributed by atoms with Gasteiger partial charge in [0, 0.05) is 39.2 Å². The Morgan fingerprint density at radius 2 is 2.04 bits per heavy atom. The predicted octanol–water partition coefficient (Wildman–Crippen LogP) is 2.05. The molecule has 2 aliphatic rings. The molecule has 142 valence electrons. The Morgan fingerprint density at radius 3 is 2.59 bits per heavy atom. The lowest BCUT2D eigenvalue weighted by Crippen LogP contribution is -2.44. The molecule has 1 aromatic rings. The number of piperidine rings is 1. The summed E-state index contributed by atoms with van der Waals surface area (Å²) in [5, 5.41) is 12.0. The van der Waals surface area contributed by atoms with E-state index < -0.39 is 11.7 Å². The number of Topliss-reactive ketones (excluding diaryl/α,β-unsaturated/α-hetero) is 1. The number of carbonyl (C=O) groups excluding carboxylic acids is 2. The van der Waals surface area contributed by atoms with Gasteiger partial charge in [-0.25, -0.2) is 4.39 Å². The van der Waals surface area contributed by atoms with E-state index >= 15 is 4.39 Å². The second-order valence-electron chi connectivity index (χ2n) is 7.12. The number of fused-ring (bicyclic) bond motifs is 1. The van der Waals surface area contributed by atoms with E-state index in [1.165, 1.54) is 13.1 Å². The van der Waals surface area contributed by atoms with E-state index in [0.29, 0.717) is 37.2 Å². The summed E-state index contributed by atoms with van der Waals surface area (Å²) in [6.07, 6.45) is 1.33. The van der Waals surface area contributed by atoms with Crippen LogP contribution in [0.5, 0.6) is 0 Å². The quantitative estimate of drug-likeness (QED) is 0.879. The number of amides is 1. The molecule has 1 aliphatic heterocycles. The van der Waals surface area contributed by atoms with Crippen LogP contribution in [-0.2, 0) is 16.0 Å². The fourth-order valence-corrected chi connectivity index (χ4v) is 3.69. The normalized spacial score (nSPS) is 18.8. The molecule has 3 rings (SSSR count). The molecule has 0 spiro atoms. The van der Waals surface area contributed by atoms with E-state index in [1.807, 2.05) is 17.9 Å². The lowest BCUT2D eigenvalue weighted by atomic mass is 9.84. The first-order valence-electron chi connectivity index (χ1n) is 8.86. The van der Waals surface area contributed by atoms with Crippen molar-refractivity contribution in [2.45, 2.75) is 31.8 Å². The van der Waals surface area contributed by atoms with Crippen LogP contribution >= 0.6 is 0 Å². The molecule has 0 atom stereocenters. The van der Waals surface area contributed by atoms with Crippen molar-refractivity contribution in [2.24, 2.45) is 0 Å². The Hall–Kier alpha value is -2.72. The van der Waals surface area contributed by atoms with Gasteiger partial charge in [-0.2, -0.15) is 5.26 Å². The molecule has 1 N–H and O–H groups in total. The highest BCUT2D eigenvalue weighted by Gasteiger charge is 2.37. The van der Waals surface area contributed by atoms with Crippen molar-refractivity contribution >= 4 is 17.4 Å². The number of rotatable bonds is 3. The van der Waals surface area contributed by atoms with E-state index in [9.17, 15) is 14.9 Å². The third-order valence-corrected chi connectivity index (χ3v) is 5.55. The third-order valence-electron chi connectivity index (χ3n) is 5.55. The smallest absolute Gasteiger partial charge is 0.254 e. The Labute approximate surface area is 157 Å². The molecule has 1 aliphatic carbocycles. The highest BCUT2D eigenvalue weighted by molar-refractivity contribution is 6.10. The molecule has 0 saturated carbocycles. The van der Waals surface area contributed by atoms with Gasteiger partial charge in [-0.1, -0.05) is 6.07 Å². The number of nitrogens with one attached hydrogen (secondary N) is 1. The Morgan fingerprint density at radius 1 is 1.37 bits per heavy atom. The minimum absolute atomic E-state index is 0.0449. The van der Waals surface area contributed by atoms with Crippen LogP contribution in [0.3, 0.4) is 0 Å². The van der Waals surface area contributed by atoms with Gasteiger partial charge in [0.1, 0.15) is 17.5 Å². The minimum Gasteiger partial charge on any atom is -0.378 e. The fraction of sp³-hybridized carbons (Fsp3) is 0.450. The van der Waals surface area contributed by atoms with Crippen LogP contribution < -0.4 is 5.32 Å². The van der Waals surface area contributed by atoms with Crippen LogP contribution in [0, 0.1) is 17.1 Å². The summed E-state index contributed by atoms with van der Waals surface area (Å²) in [6, 6.07) is 4.93. The van der Waals surface area contributed by atoms with Crippen molar-refractivity contribution in [1.29, 1.82) is 5.26 Å². The molecule has 1 aromatic carbocycles. The van der Waals surface area contributed by atoms with E-state index in [4.69, 9.17) is 4.74 Å². The van der Waals surface area contributed by atoms with Gasteiger partial charge in [-0.3, -0.25) is 9.59 Å². The first kappa shape index (κ1) is 19.1. The van der Waals surface area contributed by atoms with Crippen molar-refractivity contribution in [1.82, 2.24) is 10.2 Å². The van der Waals surface area contributed by atoms with Gasteiger partial charge in [-0.15, -0.1) is 0 Å². The van der Waals surface area contributed by atoms with Crippen LogP contribution in [0.25, 0.3) is 5.70 Å². The summed E-state index contributed by atoms with van der Waals surface area (Å²) in [7, 11) is 3.09. The number of carbonyl (C=O) groups is 2. The molecule has 1 heterocycles. The SMILES string of the molecule is CNC(=O)c1ccc2c(c1F)C(N1CCC(C)(OC)CC1)=C(C#N)C(=O)C2. The van der Waals surface area contributed by atoms with Gasteiger partial charge in [0.25, 0.3) is 5.91 Å². The molecular weight excluding hydrogens is 349 g/mol. The molecule has 0 bridgehead atoms. The number of allylic oxidation sites excluding steroid dienone is 1. The molecule has 1 fully saturated rings. The molecular formula is C20H22FN3O3. The lowest BCUT2D eigenvalue weighted by molar-refractivity contribution is -0.114. The van der Waals surface area contributed by atoms with Crippen LogP contribution in [0.4, 0.5) is 4.39 Å². The maximum atomic E-state index is 15.3. The molecule has 1 amide bonds. The summed E-state index contributed by atoms with van der Waals surface area (Å²) in [6.45, 7) is 3.07. The standard InChI is InChI=1S/C20H22FN3O3/c1-20(27-3)6-8-24(9-7-20)18-14(11-22)15(25)10-12-4-5-13(19(26)23-2)17(21)16(12)18/h4-5H,6-10H2,1-3H3,(H,23,26). The van der Waals surface area contributed by atoms with Gasteiger partial charge >= 0.3 is 0 Å². The summed E-state index contributed by atoms with van der Waals surface area (Å²) >= 11 is 0. The molecule has 0 aromatic heterocycles. The molecule has 1 saturated heterocycles. The van der Waals surface area contributed by atoms with Crippen molar-refractivity contribution in [2.75, 3.05) is 27.2 Å². The number of methoxy groups -OCH3 is 1. The average Bonchev–Trinajstić information content (AvgIpc) is 2.67. The summed E-state index contributed by atoms with van der Waals surface area (Å²) in [5.41, 5.74) is 0.557. The highest BCUT2D eigenvalue weighted by atomic mass is 19.1. The highest BCUT2D eigenvalue weighted by Crippen LogP contribution is 2.38. The van der Waals surface area contributed by atoms with Gasteiger partial charge in [0.05, 0.1) is 16.9 Å². The van der Waals surface area contributed by atoms with Gasteiger partial charge < -0.3 is 15.0 Å². The van der Waals surface area contributed by atoms with Gasteiger partial charge in [0.15, 0.2) is 5.78 Å². The molecule has 27 heavy (non-hydrogen) atoms. The number of hydrogen-bond donors (Lipinski definition) is 1. The second kappa shape index (κ2) is 7.12. The number of likely N-dealkylation sites (tertiary alicyclic amines) is 1. The molecule has 7 heteroatoms. The van der Waals surface area contributed by atoms with Gasteiger partial charge in [0.2, 0.25) is 0 Å². The lowest BCUT2D eigenvalue weighted by Gasteiger charge is -2.41. The number of nitrogens with zero attached hydrogens (tertiary/aromatic N) is 2. The van der Waals surface area contributed by atoms with Crippen molar-refractivity contribution < 1.29 is 18.7 Å². The summed E-state index contributed by atoms with van der Waals surface area (Å²) < 4.78 is 20.8. The Kier molecular flexibility index (Phi) is 5.03. The van der Waals surface area contributed by atoms with Gasteiger partial charge in [-0.05, 0) is 31.4 Å². The van der Waals surface area contributed by atoms with E-state index in [2.05, 4.69) is 5.32 Å². The number of hydrogen-bond acceptors (Lipinski definition) is 5. The topological polar surface area (TPSA) is 82.4 Å². The zero-order valence-electron chi connectivity index (χ0n) is 15.7. The second-order valence-corrected chi connectivity index (χ2v) is 7.12. The van der Waals surface area contributed by atoms with Crippen LogP contribution in [0.1, 0.15) is 41.3 Å². The maximum absolute atomic E-state index is 15.3. The van der Waals surface area contributed by atoms with Crippen molar-refractivity contribution in [3.8, 4) is 6.07 Å². The number of benzene rings is 1. The first-order chi connectivity index (χ1) is 12.8. The maximum Gasteiger partial charge on any atom is 0.254 e. The molecule has 6 nitrogen and oxygen atoms in total. The summed E-state index contributed by atoms with van der Waals surface area (Å²) in [5.74, 6) is -1.56. The number of ether oxygens (including phenoxy) is 1. The van der Waals surface area contributed by atoms with E-state index in [0.717, 1.165) is 0 Å². The predicted molar refractivity (Wildman–Crippen MR) is 97.3 cm³/mol. The number of halogens is 1. The number of nitriles is 1.